The van der Waals surface area contributed by atoms with Gasteiger partial charge in [-0.1, -0.05) is 64.2 Å². The molecule has 2 aromatic carbocycles. The van der Waals surface area contributed by atoms with E-state index in [1.165, 1.54) is 5.56 Å². The number of ketones is 1. The summed E-state index contributed by atoms with van der Waals surface area (Å²) in [5.74, 6) is 6.81. The zero-order valence-electron chi connectivity index (χ0n) is 11.8. The van der Waals surface area contributed by atoms with E-state index in [9.17, 15) is 4.79 Å². The van der Waals surface area contributed by atoms with Crippen LogP contribution in [0.25, 0.3) is 0 Å². The molecule has 0 amide bonds. The molecule has 1 aliphatic carbocycles. The average molecular weight is 339 g/mol. The van der Waals surface area contributed by atoms with E-state index >= 15 is 0 Å². The van der Waals surface area contributed by atoms with Gasteiger partial charge in [0.2, 0.25) is 0 Å². The van der Waals surface area contributed by atoms with Crippen molar-refractivity contribution in [3.8, 4) is 11.8 Å². The number of hydrogen-bond donors (Lipinski definition) is 0. The molecule has 1 nitrogen and oxygen atoms in total. The fourth-order valence-electron chi connectivity index (χ4n) is 2.72. The Labute approximate surface area is 133 Å². The molecule has 1 aliphatic rings. The Balaban J connectivity index is 1.91. The van der Waals surface area contributed by atoms with Crippen molar-refractivity contribution in [3.63, 3.8) is 0 Å². The minimum absolute atomic E-state index is 0.166. The van der Waals surface area contributed by atoms with Crippen molar-refractivity contribution in [2.24, 2.45) is 5.41 Å². The fraction of sp³-hybridized carbons (Fsp3) is 0.211. The summed E-state index contributed by atoms with van der Waals surface area (Å²) in [5.41, 5.74) is 1.64. The molecule has 0 bridgehead atoms. The van der Waals surface area contributed by atoms with Crippen LogP contribution in [0.2, 0.25) is 0 Å². The Hall–Kier alpha value is -1.85. The van der Waals surface area contributed by atoms with Crippen LogP contribution in [-0.2, 0) is 4.79 Å². The van der Waals surface area contributed by atoms with Crippen LogP contribution < -0.4 is 0 Å². The van der Waals surface area contributed by atoms with Crippen molar-refractivity contribution < 1.29 is 4.79 Å². The molecule has 0 heterocycles. The van der Waals surface area contributed by atoms with Gasteiger partial charge in [0.1, 0.15) is 5.78 Å². The highest BCUT2D eigenvalue weighted by atomic mass is 79.9. The molecule has 21 heavy (non-hydrogen) atoms. The number of carbonyl (C=O) groups is 1. The number of Topliss-reactive ketones (excluding diaryl/α,β-unsaturated/α-hetero) is 1. The first kappa shape index (κ1) is 14.1. The minimum Gasteiger partial charge on any atom is -0.298 e. The first-order chi connectivity index (χ1) is 10.1. The Kier molecular flexibility index (Phi) is 3.69. The van der Waals surface area contributed by atoms with E-state index in [4.69, 9.17) is 0 Å². The van der Waals surface area contributed by atoms with Crippen LogP contribution >= 0.6 is 15.9 Å². The summed E-state index contributed by atoms with van der Waals surface area (Å²) in [5, 5.41) is 0. The largest absolute Gasteiger partial charge is 0.298 e. The summed E-state index contributed by atoms with van der Waals surface area (Å²) >= 11 is 3.44. The lowest BCUT2D eigenvalue weighted by Crippen LogP contribution is -2.12. The molecule has 104 valence electrons. The SMILES string of the molecule is CC(=O)[C@@]1(C#Cc2cccc(Br)c2)C[C@@H]1c1ccccc1. The summed E-state index contributed by atoms with van der Waals surface area (Å²) in [6.07, 6.45) is 0.827. The molecule has 1 fully saturated rings. The molecule has 0 aromatic heterocycles. The third kappa shape index (κ3) is 2.80. The van der Waals surface area contributed by atoms with E-state index in [0.29, 0.717) is 0 Å². The van der Waals surface area contributed by atoms with Crippen LogP contribution in [0.4, 0.5) is 0 Å². The molecule has 0 spiro atoms. The van der Waals surface area contributed by atoms with Crippen molar-refractivity contribution in [1.29, 1.82) is 0 Å². The summed E-state index contributed by atoms with van der Waals surface area (Å²) in [6.45, 7) is 1.65. The van der Waals surface area contributed by atoms with Gasteiger partial charge >= 0.3 is 0 Å². The monoisotopic (exact) mass is 338 g/mol. The second-order valence-electron chi connectivity index (χ2n) is 5.46. The van der Waals surface area contributed by atoms with Gasteiger partial charge in [-0.2, -0.15) is 0 Å². The lowest BCUT2D eigenvalue weighted by molar-refractivity contribution is -0.120. The molecule has 0 N–H and O–H groups in total. The van der Waals surface area contributed by atoms with Crippen molar-refractivity contribution >= 4 is 21.7 Å². The average Bonchev–Trinajstić information content (AvgIpc) is 3.22. The van der Waals surface area contributed by atoms with Crippen LogP contribution in [0.15, 0.2) is 59.1 Å². The van der Waals surface area contributed by atoms with Gasteiger partial charge in [0.25, 0.3) is 0 Å². The van der Waals surface area contributed by atoms with Crippen LogP contribution in [0, 0.1) is 17.3 Å². The Bertz CT molecular complexity index is 739. The topological polar surface area (TPSA) is 17.1 Å². The molecule has 1 saturated carbocycles. The molecule has 2 aromatic rings. The number of halogens is 1. The normalized spacial score (nSPS) is 23.0. The quantitative estimate of drug-likeness (QED) is 0.733. The fourth-order valence-corrected chi connectivity index (χ4v) is 3.12. The highest BCUT2D eigenvalue weighted by Gasteiger charge is 2.57. The van der Waals surface area contributed by atoms with Gasteiger partial charge in [0.05, 0.1) is 5.41 Å². The molecule has 2 heteroatoms. The highest BCUT2D eigenvalue weighted by molar-refractivity contribution is 9.10. The lowest BCUT2D eigenvalue weighted by atomic mass is 9.95. The van der Waals surface area contributed by atoms with Crippen molar-refractivity contribution in [3.05, 3.63) is 70.2 Å². The maximum Gasteiger partial charge on any atom is 0.148 e. The van der Waals surface area contributed by atoms with Gasteiger partial charge in [-0.15, -0.1) is 0 Å². The van der Waals surface area contributed by atoms with E-state index in [0.717, 1.165) is 16.5 Å². The molecule has 0 radical (unpaired) electrons. The zero-order chi connectivity index (χ0) is 14.9. The van der Waals surface area contributed by atoms with Crippen LogP contribution in [0.5, 0.6) is 0 Å². The number of rotatable bonds is 2. The van der Waals surface area contributed by atoms with Crippen LogP contribution in [0.3, 0.4) is 0 Å². The van der Waals surface area contributed by atoms with Gasteiger partial charge in [-0.3, -0.25) is 4.79 Å². The third-order valence-electron chi connectivity index (χ3n) is 4.05. The Morgan fingerprint density at radius 2 is 1.95 bits per heavy atom. The van der Waals surface area contributed by atoms with E-state index < -0.39 is 5.41 Å². The van der Waals surface area contributed by atoms with Crippen LogP contribution in [0.1, 0.15) is 30.4 Å². The Morgan fingerprint density at radius 3 is 2.62 bits per heavy atom. The standard InChI is InChI=1S/C19H15BrO/c1-14(21)19(11-10-15-6-5-9-17(20)12-15)13-18(19)16-7-3-2-4-8-16/h2-9,12,18H,13H2,1H3/t18-,19-/m1/s1. The van der Waals surface area contributed by atoms with Crippen molar-refractivity contribution in [2.75, 3.05) is 0 Å². The number of benzene rings is 2. The smallest absolute Gasteiger partial charge is 0.148 e. The molecular formula is C19H15BrO. The van der Waals surface area contributed by atoms with E-state index in [-0.39, 0.29) is 11.7 Å². The highest BCUT2D eigenvalue weighted by Crippen LogP contribution is 2.59. The lowest BCUT2D eigenvalue weighted by Gasteiger charge is -2.06. The molecule has 3 rings (SSSR count). The minimum atomic E-state index is -0.496. The van der Waals surface area contributed by atoms with Gasteiger partial charge in [-0.05, 0) is 37.1 Å². The summed E-state index contributed by atoms with van der Waals surface area (Å²) < 4.78 is 1.00. The van der Waals surface area contributed by atoms with Crippen molar-refractivity contribution in [1.82, 2.24) is 0 Å². The Morgan fingerprint density at radius 1 is 1.19 bits per heavy atom. The maximum atomic E-state index is 12.1. The second kappa shape index (κ2) is 5.50. The predicted octanol–water partition coefficient (Wildman–Crippen LogP) is 4.56. The predicted molar refractivity (Wildman–Crippen MR) is 87.9 cm³/mol. The van der Waals surface area contributed by atoms with E-state index in [2.05, 4.69) is 39.9 Å². The van der Waals surface area contributed by atoms with Gasteiger partial charge in [0, 0.05) is 16.0 Å². The number of carbonyl (C=O) groups excluding carboxylic acids is 1. The second-order valence-corrected chi connectivity index (χ2v) is 6.37. The first-order valence-electron chi connectivity index (χ1n) is 6.96. The molecular weight excluding hydrogens is 324 g/mol. The first-order valence-corrected chi connectivity index (χ1v) is 7.76. The molecule has 0 aliphatic heterocycles. The molecule has 0 saturated heterocycles. The molecule has 0 unspecified atom stereocenters. The van der Waals surface area contributed by atoms with Gasteiger partial charge in [-0.25, -0.2) is 0 Å². The summed E-state index contributed by atoms with van der Waals surface area (Å²) in [7, 11) is 0. The molecule has 2 atom stereocenters. The number of hydrogen-bond acceptors (Lipinski definition) is 1. The summed E-state index contributed by atoms with van der Waals surface area (Å²) in [6, 6.07) is 18.0. The van der Waals surface area contributed by atoms with Gasteiger partial charge < -0.3 is 0 Å². The van der Waals surface area contributed by atoms with Crippen molar-refractivity contribution in [2.45, 2.75) is 19.3 Å². The van der Waals surface area contributed by atoms with E-state index in [1.807, 2.05) is 42.5 Å². The van der Waals surface area contributed by atoms with Crippen LogP contribution in [-0.4, -0.2) is 5.78 Å². The van der Waals surface area contributed by atoms with Gasteiger partial charge in [0.15, 0.2) is 0 Å². The van der Waals surface area contributed by atoms with E-state index in [1.54, 1.807) is 6.92 Å². The maximum absolute atomic E-state index is 12.1. The summed E-state index contributed by atoms with van der Waals surface area (Å²) in [4.78, 5) is 12.1. The third-order valence-corrected chi connectivity index (χ3v) is 4.54. The zero-order valence-corrected chi connectivity index (χ0v) is 13.4.